The van der Waals surface area contributed by atoms with E-state index in [9.17, 15) is 14.0 Å². The smallest absolute Gasteiger partial charge is 0.339 e. The van der Waals surface area contributed by atoms with Crippen LogP contribution in [0.5, 0.6) is 0 Å². The number of fused-ring (bicyclic) bond motifs is 1. The Kier molecular flexibility index (Phi) is 5.90. The van der Waals surface area contributed by atoms with Gasteiger partial charge in [0, 0.05) is 19.0 Å². The lowest BCUT2D eigenvalue weighted by Crippen LogP contribution is -2.37. The van der Waals surface area contributed by atoms with Gasteiger partial charge in [-0.1, -0.05) is 41.9 Å². The zero-order valence-electron chi connectivity index (χ0n) is 15.4. The average molecular weight is 401 g/mol. The summed E-state index contributed by atoms with van der Waals surface area (Å²) in [5, 5.41) is 0.748. The quantitative estimate of drug-likeness (QED) is 0.475. The Balaban J connectivity index is 1.72. The van der Waals surface area contributed by atoms with Crippen LogP contribution in [0.15, 0.2) is 54.6 Å². The summed E-state index contributed by atoms with van der Waals surface area (Å²) < 4.78 is 18.7. The van der Waals surface area contributed by atoms with E-state index in [1.54, 1.807) is 43.4 Å². The second kappa shape index (κ2) is 8.35. The number of aromatic nitrogens is 1. The molecule has 0 aliphatic rings. The lowest BCUT2D eigenvalue weighted by Gasteiger charge is -2.22. The number of hydrogen-bond acceptors (Lipinski definition) is 4. The van der Waals surface area contributed by atoms with Gasteiger partial charge in [-0.15, -0.1) is 0 Å². The minimum atomic E-state index is -1.02. The molecule has 0 fully saturated rings. The second-order valence-electron chi connectivity index (χ2n) is 6.38. The Hall–Kier alpha value is -2.99. The molecule has 5 nitrogen and oxygen atoms in total. The van der Waals surface area contributed by atoms with Crippen LogP contribution in [0.4, 0.5) is 4.39 Å². The van der Waals surface area contributed by atoms with Crippen molar-refractivity contribution in [3.05, 3.63) is 76.7 Å². The zero-order chi connectivity index (χ0) is 20.3. The van der Waals surface area contributed by atoms with Crippen molar-refractivity contribution in [2.45, 2.75) is 19.6 Å². The van der Waals surface area contributed by atoms with E-state index >= 15 is 0 Å². The number of nitrogens with zero attached hydrogens (tertiary/aromatic N) is 2. The first-order valence-electron chi connectivity index (χ1n) is 8.61. The molecule has 1 heterocycles. The fourth-order valence-corrected chi connectivity index (χ4v) is 3.08. The predicted molar refractivity (Wildman–Crippen MR) is 105 cm³/mol. The van der Waals surface area contributed by atoms with Crippen LogP contribution in [-0.4, -0.2) is 34.9 Å². The first-order valence-corrected chi connectivity index (χ1v) is 8.98. The van der Waals surface area contributed by atoms with Gasteiger partial charge in [0.25, 0.3) is 5.91 Å². The van der Waals surface area contributed by atoms with Crippen LogP contribution in [0, 0.1) is 5.82 Å². The Morgan fingerprint density at radius 1 is 1.18 bits per heavy atom. The van der Waals surface area contributed by atoms with E-state index in [1.165, 1.54) is 30.0 Å². The fourth-order valence-electron chi connectivity index (χ4n) is 2.88. The number of carbonyl (C=O) groups is 2. The number of ether oxygens (including phenoxy) is 1. The molecular weight excluding hydrogens is 383 g/mol. The van der Waals surface area contributed by atoms with Crippen LogP contribution in [0.2, 0.25) is 5.15 Å². The van der Waals surface area contributed by atoms with Crippen molar-refractivity contribution in [3.8, 4) is 0 Å². The maximum Gasteiger partial charge on any atom is 0.339 e. The molecule has 0 bridgehead atoms. The summed E-state index contributed by atoms with van der Waals surface area (Å²) in [5.41, 5.74) is 1.44. The molecule has 1 amide bonds. The van der Waals surface area contributed by atoms with Gasteiger partial charge in [0.15, 0.2) is 6.10 Å². The molecule has 0 radical (unpaired) electrons. The van der Waals surface area contributed by atoms with Crippen LogP contribution in [0.1, 0.15) is 22.8 Å². The van der Waals surface area contributed by atoms with E-state index in [0.717, 1.165) is 0 Å². The van der Waals surface area contributed by atoms with Crippen LogP contribution in [-0.2, 0) is 16.1 Å². The van der Waals surface area contributed by atoms with Crippen molar-refractivity contribution in [2.75, 3.05) is 7.05 Å². The molecule has 1 aromatic heterocycles. The van der Waals surface area contributed by atoms with Gasteiger partial charge in [-0.3, -0.25) is 4.79 Å². The molecule has 144 valence electrons. The van der Waals surface area contributed by atoms with Crippen LogP contribution < -0.4 is 0 Å². The van der Waals surface area contributed by atoms with Crippen LogP contribution >= 0.6 is 11.6 Å². The van der Waals surface area contributed by atoms with E-state index in [0.29, 0.717) is 16.5 Å². The topological polar surface area (TPSA) is 59.5 Å². The summed E-state index contributed by atoms with van der Waals surface area (Å²) in [6.07, 6.45) is -1.02. The summed E-state index contributed by atoms with van der Waals surface area (Å²) in [6, 6.07) is 14.4. The van der Waals surface area contributed by atoms with Gasteiger partial charge in [-0.2, -0.15) is 0 Å². The number of hydrogen-bond donors (Lipinski definition) is 0. The van der Waals surface area contributed by atoms with Gasteiger partial charge >= 0.3 is 5.97 Å². The van der Waals surface area contributed by atoms with Gasteiger partial charge in [-0.25, -0.2) is 14.2 Å². The molecule has 3 aromatic rings. The highest BCUT2D eigenvalue weighted by molar-refractivity contribution is 6.30. The number of halogens is 2. The van der Waals surface area contributed by atoms with Crippen molar-refractivity contribution in [2.24, 2.45) is 0 Å². The number of esters is 1. The summed E-state index contributed by atoms with van der Waals surface area (Å²) in [6.45, 7) is 1.69. The van der Waals surface area contributed by atoms with Gasteiger partial charge in [0.2, 0.25) is 0 Å². The number of amides is 1. The predicted octanol–water partition coefficient (Wildman–Crippen LogP) is 4.23. The number of pyridine rings is 1. The van der Waals surface area contributed by atoms with E-state index in [1.807, 2.05) is 0 Å². The summed E-state index contributed by atoms with van der Waals surface area (Å²) in [7, 11) is 1.57. The highest BCUT2D eigenvalue weighted by Gasteiger charge is 2.24. The summed E-state index contributed by atoms with van der Waals surface area (Å²) in [5.74, 6) is -1.44. The molecule has 7 heteroatoms. The lowest BCUT2D eigenvalue weighted by atomic mass is 10.1. The number of likely N-dealkylation sites (N-methyl/N-ethyl adjacent to an activating group) is 1. The average Bonchev–Trinajstić information content (AvgIpc) is 2.66. The first-order chi connectivity index (χ1) is 13.3. The van der Waals surface area contributed by atoms with Crippen molar-refractivity contribution < 1.29 is 18.7 Å². The summed E-state index contributed by atoms with van der Waals surface area (Å²) >= 11 is 6.00. The molecular formula is C21H18ClFN2O3. The largest absolute Gasteiger partial charge is 0.449 e. The van der Waals surface area contributed by atoms with E-state index in [4.69, 9.17) is 16.3 Å². The Morgan fingerprint density at radius 2 is 1.93 bits per heavy atom. The second-order valence-corrected chi connectivity index (χ2v) is 6.77. The molecule has 1 atom stereocenters. The standard InChI is InChI=1S/C21H18ClFN2O3/c1-13(20(26)25(2)12-14-6-5-7-15(23)10-14)28-21(27)17-11-19(22)24-18-9-4-3-8-16(17)18/h3-11,13H,12H2,1-2H3. The minimum Gasteiger partial charge on any atom is -0.449 e. The summed E-state index contributed by atoms with van der Waals surface area (Å²) in [4.78, 5) is 30.7. The Bertz CT molecular complexity index is 1040. The van der Waals surface area contributed by atoms with Crippen molar-refractivity contribution in [3.63, 3.8) is 0 Å². The van der Waals surface area contributed by atoms with Gasteiger partial charge in [-0.05, 0) is 36.8 Å². The number of benzene rings is 2. The molecule has 28 heavy (non-hydrogen) atoms. The van der Waals surface area contributed by atoms with Crippen molar-refractivity contribution in [1.82, 2.24) is 9.88 Å². The maximum atomic E-state index is 13.3. The highest BCUT2D eigenvalue weighted by Crippen LogP contribution is 2.22. The minimum absolute atomic E-state index is 0.160. The molecule has 0 aliphatic carbocycles. The molecule has 0 N–H and O–H groups in total. The molecule has 0 spiro atoms. The molecule has 2 aromatic carbocycles. The third-order valence-electron chi connectivity index (χ3n) is 4.22. The van der Waals surface area contributed by atoms with Crippen molar-refractivity contribution in [1.29, 1.82) is 0 Å². The van der Waals surface area contributed by atoms with E-state index < -0.39 is 18.0 Å². The molecule has 0 aliphatic heterocycles. The third kappa shape index (κ3) is 4.46. The number of rotatable bonds is 5. The van der Waals surface area contributed by atoms with Gasteiger partial charge in [0.1, 0.15) is 11.0 Å². The number of carbonyl (C=O) groups excluding carboxylic acids is 2. The van der Waals surface area contributed by atoms with E-state index in [-0.39, 0.29) is 23.1 Å². The Labute approximate surface area is 166 Å². The Morgan fingerprint density at radius 3 is 2.68 bits per heavy atom. The molecule has 3 rings (SSSR count). The van der Waals surface area contributed by atoms with Gasteiger partial charge < -0.3 is 9.64 Å². The fraction of sp³-hybridized carbons (Fsp3) is 0.190. The van der Waals surface area contributed by atoms with Gasteiger partial charge in [0.05, 0.1) is 11.1 Å². The first kappa shape index (κ1) is 19.8. The molecule has 1 unspecified atom stereocenters. The molecule has 0 saturated heterocycles. The molecule has 0 saturated carbocycles. The maximum absolute atomic E-state index is 13.3. The zero-order valence-corrected chi connectivity index (χ0v) is 16.1. The third-order valence-corrected chi connectivity index (χ3v) is 4.42. The lowest BCUT2D eigenvalue weighted by molar-refractivity contribution is -0.139. The van der Waals surface area contributed by atoms with Crippen molar-refractivity contribution >= 4 is 34.4 Å². The van der Waals surface area contributed by atoms with Crippen LogP contribution in [0.25, 0.3) is 10.9 Å². The monoisotopic (exact) mass is 400 g/mol. The SMILES string of the molecule is CC(OC(=O)c1cc(Cl)nc2ccccc12)C(=O)N(C)Cc1cccc(F)c1. The normalized spacial score (nSPS) is 11.9. The van der Waals surface area contributed by atoms with E-state index in [2.05, 4.69) is 4.98 Å². The highest BCUT2D eigenvalue weighted by atomic mass is 35.5. The van der Waals surface area contributed by atoms with Crippen LogP contribution in [0.3, 0.4) is 0 Å². The number of para-hydroxylation sites is 1.